The number of hydrogen-bond acceptors (Lipinski definition) is 4. The summed E-state index contributed by atoms with van der Waals surface area (Å²) in [6.07, 6.45) is 0. The number of benzene rings is 1. The highest BCUT2D eigenvalue weighted by molar-refractivity contribution is 8.72. The van der Waals surface area contributed by atoms with Crippen LogP contribution >= 0.6 is 10.8 Å². The lowest BCUT2D eigenvalue weighted by molar-refractivity contribution is 0.610. The molecular formula is C8H11NO2S2. The van der Waals surface area contributed by atoms with Crippen molar-refractivity contribution >= 4 is 25.4 Å². The third kappa shape index (κ3) is 2.63. The van der Waals surface area contributed by atoms with E-state index in [0.717, 1.165) is 10.8 Å². The monoisotopic (exact) mass is 217 g/mol. The topological polar surface area (TPSA) is 60.2 Å². The number of anilines is 1. The quantitative estimate of drug-likeness (QED) is 0.618. The molecule has 0 unspecified atom stereocenters. The van der Waals surface area contributed by atoms with Gasteiger partial charge in [-0.3, -0.25) is 0 Å². The predicted molar refractivity (Wildman–Crippen MR) is 56.2 cm³/mol. The number of nitrogens with two attached hydrogens (primary N) is 1. The van der Waals surface area contributed by atoms with Gasteiger partial charge in [0, 0.05) is 11.4 Å². The lowest BCUT2D eigenvalue weighted by Crippen LogP contribution is -1.95. The van der Waals surface area contributed by atoms with Crippen molar-refractivity contribution in [2.75, 3.05) is 11.5 Å². The van der Waals surface area contributed by atoms with E-state index >= 15 is 0 Å². The van der Waals surface area contributed by atoms with E-state index in [-0.39, 0.29) is 0 Å². The molecule has 0 fully saturated rings. The molecule has 72 valence electrons. The highest BCUT2D eigenvalue weighted by Crippen LogP contribution is 2.23. The summed E-state index contributed by atoms with van der Waals surface area (Å²) in [6.45, 7) is 1.81. The predicted octanol–water partition coefficient (Wildman–Crippen LogP) is 1.71. The second-order valence-electron chi connectivity index (χ2n) is 2.43. The SMILES string of the molecule is CCSS(=O)(=O)c1ccc(N)cc1. The van der Waals surface area contributed by atoms with Gasteiger partial charge < -0.3 is 5.73 Å². The molecular weight excluding hydrogens is 206 g/mol. The minimum absolute atomic E-state index is 0.313. The van der Waals surface area contributed by atoms with Gasteiger partial charge >= 0.3 is 0 Å². The van der Waals surface area contributed by atoms with E-state index in [9.17, 15) is 8.42 Å². The summed E-state index contributed by atoms with van der Waals surface area (Å²) in [4.78, 5) is 0.313. The normalized spacial score (nSPS) is 11.5. The average molecular weight is 217 g/mol. The van der Waals surface area contributed by atoms with E-state index < -0.39 is 8.87 Å². The van der Waals surface area contributed by atoms with Gasteiger partial charge in [0.05, 0.1) is 4.90 Å². The Morgan fingerprint density at radius 2 is 1.85 bits per heavy atom. The molecule has 0 saturated heterocycles. The van der Waals surface area contributed by atoms with Crippen molar-refractivity contribution in [2.24, 2.45) is 0 Å². The van der Waals surface area contributed by atoms with Crippen molar-refractivity contribution in [3.63, 3.8) is 0 Å². The van der Waals surface area contributed by atoms with Crippen LogP contribution in [0.1, 0.15) is 6.92 Å². The van der Waals surface area contributed by atoms with E-state index in [1.165, 1.54) is 12.1 Å². The Labute approximate surface area is 81.6 Å². The molecule has 2 N–H and O–H groups in total. The molecule has 0 aliphatic heterocycles. The third-order valence-corrected chi connectivity index (χ3v) is 5.05. The minimum Gasteiger partial charge on any atom is -0.399 e. The number of hydrogen-bond donors (Lipinski definition) is 1. The Kier molecular flexibility index (Phi) is 3.22. The first-order chi connectivity index (χ1) is 6.06. The van der Waals surface area contributed by atoms with E-state index in [0.29, 0.717) is 16.3 Å². The highest BCUT2D eigenvalue weighted by Gasteiger charge is 2.12. The van der Waals surface area contributed by atoms with Gasteiger partial charge in [0.15, 0.2) is 0 Å². The zero-order chi connectivity index (χ0) is 9.90. The van der Waals surface area contributed by atoms with Crippen molar-refractivity contribution in [3.8, 4) is 0 Å². The molecule has 0 aromatic heterocycles. The average Bonchev–Trinajstić information content (AvgIpc) is 2.05. The van der Waals surface area contributed by atoms with Gasteiger partial charge in [-0.2, -0.15) is 0 Å². The molecule has 5 heteroatoms. The molecule has 0 aliphatic carbocycles. The minimum atomic E-state index is -3.17. The first kappa shape index (κ1) is 10.4. The lowest BCUT2D eigenvalue weighted by Gasteiger charge is -2.01. The number of nitrogen functional groups attached to an aromatic ring is 1. The van der Waals surface area contributed by atoms with Gasteiger partial charge in [0.25, 0.3) is 0 Å². The van der Waals surface area contributed by atoms with E-state index in [1.54, 1.807) is 19.1 Å². The highest BCUT2D eigenvalue weighted by atomic mass is 33.1. The molecule has 0 heterocycles. The Hall–Kier alpha value is -0.680. The van der Waals surface area contributed by atoms with Crippen LogP contribution in [-0.2, 0) is 8.87 Å². The van der Waals surface area contributed by atoms with Crippen LogP contribution in [0.4, 0.5) is 5.69 Å². The van der Waals surface area contributed by atoms with Gasteiger partial charge in [-0.1, -0.05) is 6.92 Å². The summed E-state index contributed by atoms with van der Waals surface area (Å²) < 4.78 is 22.9. The molecule has 1 aromatic carbocycles. The second-order valence-corrected chi connectivity index (χ2v) is 6.65. The standard InChI is InChI=1S/C8H11NO2S2/c1-2-12-13(10,11)8-5-3-7(9)4-6-8/h3-6H,2,9H2,1H3. The van der Waals surface area contributed by atoms with Crippen LogP contribution < -0.4 is 5.73 Å². The van der Waals surface area contributed by atoms with Crippen molar-refractivity contribution < 1.29 is 8.42 Å². The van der Waals surface area contributed by atoms with Crippen LogP contribution in [-0.4, -0.2) is 14.2 Å². The molecule has 0 bridgehead atoms. The van der Waals surface area contributed by atoms with Crippen LogP contribution in [0.3, 0.4) is 0 Å². The maximum atomic E-state index is 11.5. The molecule has 3 nitrogen and oxygen atoms in total. The fourth-order valence-corrected chi connectivity index (χ4v) is 3.45. The Bertz CT molecular complexity index is 370. The van der Waals surface area contributed by atoms with Gasteiger partial charge in [-0.15, -0.1) is 0 Å². The summed E-state index contributed by atoms with van der Waals surface area (Å²) in [5.74, 6) is 0.548. The van der Waals surface area contributed by atoms with Crippen molar-refractivity contribution in [3.05, 3.63) is 24.3 Å². The van der Waals surface area contributed by atoms with Crippen molar-refractivity contribution in [1.29, 1.82) is 0 Å². The van der Waals surface area contributed by atoms with Crippen molar-refractivity contribution in [1.82, 2.24) is 0 Å². The zero-order valence-corrected chi connectivity index (χ0v) is 8.86. The zero-order valence-electron chi connectivity index (χ0n) is 7.23. The van der Waals surface area contributed by atoms with Crippen molar-refractivity contribution in [2.45, 2.75) is 11.8 Å². The van der Waals surface area contributed by atoms with Crippen LogP contribution in [0, 0.1) is 0 Å². The van der Waals surface area contributed by atoms with Gasteiger partial charge in [0.2, 0.25) is 8.87 Å². The molecule has 13 heavy (non-hydrogen) atoms. The lowest BCUT2D eigenvalue weighted by atomic mass is 10.3. The summed E-state index contributed by atoms with van der Waals surface area (Å²) in [5, 5.41) is 0. The van der Waals surface area contributed by atoms with Gasteiger partial charge in [-0.25, -0.2) is 8.42 Å². The molecule has 1 rings (SSSR count). The second kappa shape index (κ2) is 4.02. The smallest absolute Gasteiger partial charge is 0.229 e. The fraction of sp³-hybridized carbons (Fsp3) is 0.250. The Morgan fingerprint density at radius 3 is 2.31 bits per heavy atom. The van der Waals surface area contributed by atoms with Gasteiger partial charge in [0.1, 0.15) is 0 Å². The first-order valence-corrected chi connectivity index (χ1v) is 6.80. The van der Waals surface area contributed by atoms with E-state index in [2.05, 4.69) is 0 Å². The van der Waals surface area contributed by atoms with Crippen LogP contribution in [0.25, 0.3) is 0 Å². The summed E-state index contributed by atoms with van der Waals surface area (Å²) in [6, 6.07) is 6.22. The fourth-order valence-electron chi connectivity index (χ4n) is 0.858. The molecule has 0 amide bonds. The molecule has 0 spiro atoms. The molecule has 0 saturated carbocycles. The molecule has 0 aliphatic rings. The van der Waals surface area contributed by atoms with Gasteiger partial charge in [-0.05, 0) is 35.1 Å². The first-order valence-electron chi connectivity index (χ1n) is 3.81. The molecule has 0 atom stereocenters. The van der Waals surface area contributed by atoms with Crippen LogP contribution in [0.15, 0.2) is 29.2 Å². The Balaban J connectivity index is 3.02. The third-order valence-electron chi connectivity index (χ3n) is 1.44. The largest absolute Gasteiger partial charge is 0.399 e. The van der Waals surface area contributed by atoms with E-state index in [1.807, 2.05) is 0 Å². The van der Waals surface area contributed by atoms with E-state index in [4.69, 9.17) is 5.73 Å². The Morgan fingerprint density at radius 1 is 1.31 bits per heavy atom. The van der Waals surface area contributed by atoms with Crippen LogP contribution in [0.5, 0.6) is 0 Å². The van der Waals surface area contributed by atoms with Crippen LogP contribution in [0.2, 0.25) is 0 Å². The molecule has 0 radical (unpaired) electrons. The summed E-state index contributed by atoms with van der Waals surface area (Å²) in [7, 11) is -2.24. The summed E-state index contributed by atoms with van der Waals surface area (Å²) >= 11 is 0. The maximum Gasteiger partial charge on any atom is 0.229 e. The number of rotatable bonds is 3. The maximum absolute atomic E-state index is 11.5. The molecule has 1 aromatic rings. The summed E-state index contributed by atoms with van der Waals surface area (Å²) in [5.41, 5.74) is 6.01.